The van der Waals surface area contributed by atoms with Crippen molar-refractivity contribution in [2.75, 3.05) is 11.9 Å². The fourth-order valence-electron chi connectivity index (χ4n) is 2.84. The van der Waals surface area contributed by atoms with Crippen molar-refractivity contribution in [3.05, 3.63) is 64.6 Å². The Balaban J connectivity index is 2.09. The molecule has 0 fully saturated rings. The highest BCUT2D eigenvalue weighted by Crippen LogP contribution is 2.43. The third-order valence-corrected chi connectivity index (χ3v) is 4.90. The number of aromatic nitrogens is 1. The summed E-state index contributed by atoms with van der Waals surface area (Å²) in [5, 5.41) is 2.50. The van der Waals surface area contributed by atoms with Crippen LogP contribution in [0.15, 0.2) is 54.2 Å². The standard InChI is InChI=1S/C20H17F4N3O3S/c1-25-18(28)12-5-7-13(8-6-12)27(10-14-9-26-11-31-14)15-3-2-4-16(29-19(21)22)17(15)30-20(23)24/h2-9,11,19-20H,10H2,1H3,(H,25,28). The molecule has 0 atom stereocenters. The largest absolute Gasteiger partial charge is 0.431 e. The molecular formula is C20H17F4N3O3S. The Hall–Kier alpha value is -3.34. The van der Waals surface area contributed by atoms with E-state index in [4.69, 9.17) is 0 Å². The summed E-state index contributed by atoms with van der Waals surface area (Å²) in [7, 11) is 1.49. The Bertz CT molecular complexity index is 1000. The number of nitrogens with one attached hydrogen (secondary N) is 1. The van der Waals surface area contributed by atoms with Crippen LogP contribution in [0, 0.1) is 0 Å². The zero-order chi connectivity index (χ0) is 22.4. The van der Waals surface area contributed by atoms with E-state index in [1.54, 1.807) is 40.9 Å². The van der Waals surface area contributed by atoms with Gasteiger partial charge in [0.25, 0.3) is 5.91 Å². The number of rotatable bonds is 9. The summed E-state index contributed by atoms with van der Waals surface area (Å²) in [6.45, 7) is -6.30. The number of halogens is 4. The lowest BCUT2D eigenvalue weighted by atomic mass is 10.1. The molecule has 0 radical (unpaired) electrons. The van der Waals surface area contributed by atoms with E-state index < -0.39 is 24.7 Å². The molecule has 1 N–H and O–H groups in total. The molecule has 164 valence electrons. The molecule has 1 heterocycles. The van der Waals surface area contributed by atoms with Gasteiger partial charge in [-0.15, -0.1) is 11.3 Å². The van der Waals surface area contributed by atoms with Gasteiger partial charge in [0, 0.05) is 29.4 Å². The number of nitrogens with zero attached hydrogens (tertiary/aromatic N) is 2. The molecule has 0 aliphatic carbocycles. The lowest BCUT2D eigenvalue weighted by molar-refractivity contribution is -0.0689. The molecule has 1 aromatic heterocycles. The zero-order valence-electron chi connectivity index (χ0n) is 16.1. The number of anilines is 2. The van der Waals surface area contributed by atoms with E-state index in [0.29, 0.717) is 11.3 Å². The van der Waals surface area contributed by atoms with E-state index in [0.717, 1.165) is 10.9 Å². The highest BCUT2D eigenvalue weighted by molar-refractivity contribution is 7.09. The summed E-state index contributed by atoms with van der Waals surface area (Å²) in [5.41, 5.74) is 2.59. The van der Waals surface area contributed by atoms with Crippen LogP contribution in [-0.4, -0.2) is 31.2 Å². The first-order valence-electron chi connectivity index (χ1n) is 8.88. The van der Waals surface area contributed by atoms with Gasteiger partial charge in [0.15, 0.2) is 11.5 Å². The van der Waals surface area contributed by atoms with Gasteiger partial charge in [0.2, 0.25) is 0 Å². The van der Waals surface area contributed by atoms with Gasteiger partial charge in [-0.2, -0.15) is 17.6 Å². The van der Waals surface area contributed by atoms with Gasteiger partial charge >= 0.3 is 13.2 Å². The van der Waals surface area contributed by atoms with Gasteiger partial charge in [-0.05, 0) is 36.4 Å². The van der Waals surface area contributed by atoms with Gasteiger partial charge in [-0.25, -0.2) is 0 Å². The summed E-state index contributed by atoms with van der Waals surface area (Å²) in [6, 6.07) is 10.3. The van der Waals surface area contributed by atoms with E-state index in [9.17, 15) is 22.4 Å². The number of ether oxygens (including phenoxy) is 2. The molecule has 3 aromatic rings. The Morgan fingerprint density at radius 3 is 2.39 bits per heavy atom. The third-order valence-electron chi connectivity index (χ3n) is 4.14. The van der Waals surface area contributed by atoms with Crippen LogP contribution in [-0.2, 0) is 6.54 Å². The summed E-state index contributed by atoms with van der Waals surface area (Å²) >= 11 is 1.33. The predicted octanol–water partition coefficient (Wildman–Crippen LogP) is 5.04. The zero-order valence-corrected chi connectivity index (χ0v) is 16.9. The molecule has 0 saturated heterocycles. The van der Waals surface area contributed by atoms with Gasteiger partial charge in [-0.1, -0.05) is 6.07 Å². The lowest BCUT2D eigenvalue weighted by Crippen LogP contribution is -2.20. The van der Waals surface area contributed by atoms with Gasteiger partial charge in [-0.3, -0.25) is 9.78 Å². The minimum Gasteiger partial charge on any atom is -0.431 e. The molecule has 0 aliphatic heterocycles. The Labute approximate surface area is 179 Å². The number of thiazole rings is 1. The quantitative estimate of drug-likeness (QED) is 0.458. The van der Waals surface area contributed by atoms with Crippen LogP contribution in [0.5, 0.6) is 11.5 Å². The maximum absolute atomic E-state index is 13.1. The van der Waals surface area contributed by atoms with Crippen molar-refractivity contribution in [3.8, 4) is 11.5 Å². The fraction of sp³-hybridized carbons (Fsp3) is 0.200. The van der Waals surface area contributed by atoms with Crippen LogP contribution in [0.3, 0.4) is 0 Å². The van der Waals surface area contributed by atoms with Crippen LogP contribution >= 0.6 is 11.3 Å². The van der Waals surface area contributed by atoms with E-state index in [-0.39, 0.29) is 18.1 Å². The lowest BCUT2D eigenvalue weighted by Gasteiger charge is -2.27. The molecule has 0 bridgehead atoms. The van der Waals surface area contributed by atoms with Crippen molar-refractivity contribution < 1.29 is 31.8 Å². The van der Waals surface area contributed by atoms with Crippen LogP contribution in [0.2, 0.25) is 0 Å². The molecule has 0 spiro atoms. The monoisotopic (exact) mass is 455 g/mol. The fourth-order valence-corrected chi connectivity index (χ4v) is 3.42. The number of hydrogen-bond acceptors (Lipinski definition) is 6. The number of carbonyl (C=O) groups excluding carboxylic acids is 1. The highest BCUT2D eigenvalue weighted by atomic mass is 32.1. The van der Waals surface area contributed by atoms with E-state index in [1.807, 2.05) is 0 Å². The summed E-state index contributed by atoms with van der Waals surface area (Å²) in [5.74, 6) is -1.35. The van der Waals surface area contributed by atoms with Crippen molar-refractivity contribution in [2.45, 2.75) is 19.8 Å². The van der Waals surface area contributed by atoms with Crippen LogP contribution in [0.25, 0.3) is 0 Å². The predicted molar refractivity (Wildman–Crippen MR) is 107 cm³/mol. The summed E-state index contributed by atoms with van der Waals surface area (Å²) in [4.78, 5) is 18.2. The number of alkyl halides is 4. The number of hydrogen-bond donors (Lipinski definition) is 1. The third kappa shape index (κ3) is 5.63. The molecule has 1 amide bonds. The van der Waals surface area contributed by atoms with Crippen molar-refractivity contribution >= 4 is 28.6 Å². The molecule has 2 aromatic carbocycles. The van der Waals surface area contributed by atoms with Crippen molar-refractivity contribution in [3.63, 3.8) is 0 Å². The number of benzene rings is 2. The second kappa shape index (κ2) is 10.1. The van der Waals surface area contributed by atoms with E-state index >= 15 is 0 Å². The van der Waals surface area contributed by atoms with Gasteiger partial charge < -0.3 is 19.7 Å². The van der Waals surface area contributed by atoms with Crippen LogP contribution < -0.4 is 19.7 Å². The first-order chi connectivity index (χ1) is 14.9. The maximum Gasteiger partial charge on any atom is 0.387 e. The molecule has 31 heavy (non-hydrogen) atoms. The Morgan fingerprint density at radius 2 is 1.81 bits per heavy atom. The molecule has 0 aliphatic rings. The SMILES string of the molecule is CNC(=O)c1ccc(N(Cc2cncs2)c2cccc(OC(F)F)c2OC(F)F)cc1. The van der Waals surface area contributed by atoms with E-state index in [1.165, 1.54) is 30.5 Å². The average molecular weight is 455 g/mol. The van der Waals surface area contributed by atoms with Crippen LogP contribution in [0.1, 0.15) is 15.2 Å². The average Bonchev–Trinajstić information content (AvgIpc) is 3.26. The van der Waals surface area contributed by atoms with Crippen molar-refractivity contribution in [1.29, 1.82) is 0 Å². The molecule has 6 nitrogen and oxygen atoms in total. The first kappa shape index (κ1) is 22.3. The number of carbonyl (C=O) groups is 1. The van der Waals surface area contributed by atoms with Crippen molar-refractivity contribution in [1.82, 2.24) is 10.3 Å². The molecular weight excluding hydrogens is 438 g/mol. The Kier molecular flexibility index (Phi) is 7.29. The minimum absolute atomic E-state index is 0.0829. The van der Waals surface area contributed by atoms with Gasteiger partial charge in [0.05, 0.1) is 17.7 Å². The highest BCUT2D eigenvalue weighted by Gasteiger charge is 2.23. The topological polar surface area (TPSA) is 63.7 Å². The first-order valence-corrected chi connectivity index (χ1v) is 9.76. The number of amides is 1. The summed E-state index contributed by atoms with van der Waals surface area (Å²) < 4.78 is 60.8. The van der Waals surface area contributed by atoms with Crippen LogP contribution in [0.4, 0.5) is 28.9 Å². The van der Waals surface area contributed by atoms with E-state index in [2.05, 4.69) is 19.8 Å². The molecule has 11 heteroatoms. The molecule has 3 rings (SSSR count). The summed E-state index contributed by atoms with van der Waals surface area (Å²) in [6.07, 6.45) is 1.60. The maximum atomic E-state index is 13.1. The molecule has 0 saturated carbocycles. The Morgan fingerprint density at radius 1 is 1.10 bits per heavy atom. The minimum atomic E-state index is -3.26. The normalized spacial score (nSPS) is 10.9. The molecule has 0 unspecified atom stereocenters. The smallest absolute Gasteiger partial charge is 0.387 e. The second-order valence-electron chi connectivity index (χ2n) is 6.04. The number of para-hydroxylation sites is 1. The second-order valence-corrected chi connectivity index (χ2v) is 7.01. The van der Waals surface area contributed by atoms with Crippen molar-refractivity contribution in [2.24, 2.45) is 0 Å². The van der Waals surface area contributed by atoms with Gasteiger partial charge in [0.1, 0.15) is 0 Å².